The van der Waals surface area contributed by atoms with Gasteiger partial charge in [-0.1, -0.05) is 11.6 Å². The zero-order valence-corrected chi connectivity index (χ0v) is 20.7. The van der Waals surface area contributed by atoms with Gasteiger partial charge in [-0.15, -0.1) is 0 Å². The molecule has 0 aromatic heterocycles. The van der Waals surface area contributed by atoms with E-state index in [1.165, 1.54) is 5.57 Å². The van der Waals surface area contributed by atoms with E-state index in [1.54, 1.807) is 16.9 Å². The smallest absolute Gasteiger partial charge is 0.410 e. The maximum Gasteiger partial charge on any atom is 0.410 e. The van der Waals surface area contributed by atoms with Gasteiger partial charge in [0.05, 0.1) is 25.2 Å². The van der Waals surface area contributed by atoms with Gasteiger partial charge in [0, 0.05) is 38.7 Å². The summed E-state index contributed by atoms with van der Waals surface area (Å²) in [6.45, 7) is 9.22. The van der Waals surface area contributed by atoms with Crippen LogP contribution in [0, 0.1) is 11.3 Å². The molecule has 2 spiro atoms. The Morgan fingerprint density at radius 3 is 2.59 bits per heavy atom. The molecule has 0 N–H and O–H groups in total. The molecule has 5 rings (SSSR count). The summed E-state index contributed by atoms with van der Waals surface area (Å²) in [5, 5.41) is 0. The highest BCUT2D eigenvalue weighted by atomic mass is 19.3. The Hall–Kier alpha value is -1.29. The van der Waals surface area contributed by atoms with Gasteiger partial charge in [0.2, 0.25) is 0 Å². The first kappa shape index (κ1) is 24.4. The zero-order valence-electron chi connectivity index (χ0n) is 20.7. The van der Waals surface area contributed by atoms with E-state index in [9.17, 15) is 13.6 Å². The molecular formula is C25H38F2N2O5. The van der Waals surface area contributed by atoms with Gasteiger partial charge in [0.1, 0.15) is 23.4 Å². The normalized spacial score (nSPS) is 40.5. The molecule has 4 saturated heterocycles. The summed E-state index contributed by atoms with van der Waals surface area (Å²) in [5.74, 6) is -0.00781. The Morgan fingerprint density at radius 2 is 1.97 bits per heavy atom. The van der Waals surface area contributed by atoms with E-state index in [0.717, 1.165) is 19.3 Å². The molecule has 1 amide bonds. The lowest BCUT2D eigenvalue weighted by Crippen LogP contribution is -2.59. The molecule has 1 saturated carbocycles. The molecule has 34 heavy (non-hydrogen) atoms. The van der Waals surface area contributed by atoms with Crippen LogP contribution in [-0.4, -0.2) is 98.3 Å². The van der Waals surface area contributed by atoms with Gasteiger partial charge >= 0.3 is 6.09 Å². The summed E-state index contributed by atoms with van der Waals surface area (Å²) in [6.07, 6.45) is 2.18. The maximum absolute atomic E-state index is 13.1. The minimum absolute atomic E-state index is 0.00781. The minimum atomic E-state index is -2.32. The quantitative estimate of drug-likeness (QED) is 0.407. The molecule has 1 unspecified atom stereocenters. The van der Waals surface area contributed by atoms with Crippen LogP contribution < -0.4 is 0 Å². The fourth-order valence-corrected chi connectivity index (χ4v) is 6.85. The van der Waals surface area contributed by atoms with Crippen molar-refractivity contribution in [2.24, 2.45) is 11.3 Å². The molecule has 192 valence electrons. The molecule has 9 heteroatoms. The third-order valence-corrected chi connectivity index (χ3v) is 8.70. The molecule has 0 aromatic carbocycles. The Bertz CT molecular complexity index is 824. The van der Waals surface area contributed by atoms with E-state index < -0.39 is 6.43 Å². The van der Waals surface area contributed by atoms with E-state index in [-0.39, 0.29) is 53.5 Å². The molecule has 0 radical (unpaired) electrons. The van der Waals surface area contributed by atoms with Gasteiger partial charge in [0.15, 0.2) is 0 Å². The Morgan fingerprint density at radius 1 is 1.24 bits per heavy atom. The zero-order chi connectivity index (χ0) is 24.3. The van der Waals surface area contributed by atoms with Crippen molar-refractivity contribution < 1.29 is 32.5 Å². The van der Waals surface area contributed by atoms with Crippen molar-refractivity contribution >= 4 is 6.09 Å². The third-order valence-electron chi connectivity index (χ3n) is 8.70. The van der Waals surface area contributed by atoms with Gasteiger partial charge < -0.3 is 23.8 Å². The van der Waals surface area contributed by atoms with Crippen LogP contribution in [0.5, 0.6) is 0 Å². The number of amides is 1. The molecule has 5 fully saturated rings. The standard InChI is InChI=1S/C25H38F2N2O5/c1-16(2)5-6-18-23(3,34-18)21-20(31-4)17(7-8-25(21)15-32-25)33-22(30)29-10-9-24(14-29)12-28(13-24)11-19(26)27/h5,17-21H,6-15H2,1-4H3/t17-,18-,20-,21?,23+,25+/m1/s1. The number of carbonyl (C=O) groups excluding carboxylic acids is 1. The maximum atomic E-state index is 13.1. The predicted octanol–water partition coefficient (Wildman–Crippen LogP) is 3.47. The topological polar surface area (TPSA) is 67.1 Å². The average Bonchev–Trinajstić information content (AvgIpc) is 3.61. The van der Waals surface area contributed by atoms with E-state index in [0.29, 0.717) is 39.2 Å². The average molecular weight is 485 g/mol. The van der Waals surface area contributed by atoms with E-state index in [4.69, 9.17) is 18.9 Å². The first-order valence-electron chi connectivity index (χ1n) is 12.5. The van der Waals surface area contributed by atoms with Crippen molar-refractivity contribution in [3.8, 4) is 0 Å². The van der Waals surface area contributed by atoms with Crippen LogP contribution in [0.3, 0.4) is 0 Å². The molecule has 4 heterocycles. The number of ether oxygens (including phenoxy) is 4. The van der Waals surface area contributed by atoms with Crippen LogP contribution in [0.15, 0.2) is 11.6 Å². The van der Waals surface area contributed by atoms with Crippen molar-refractivity contribution in [2.45, 2.75) is 82.4 Å². The number of nitrogens with zero attached hydrogens (tertiary/aromatic N) is 2. The number of allylic oxidation sites excluding steroid dienone is 1. The fourth-order valence-electron chi connectivity index (χ4n) is 6.85. The van der Waals surface area contributed by atoms with Gasteiger partial charge in [-0.2, -0.15) is 0 Å². The number of epoxide rings is 2. The fraction of sp³-hybridized carbons (Fsp3) is 0.880. The Kier molecular flexibility index (Phi) is 6.23. The predicted molar refractivity (Wildman–Crippen MR) is 121 cm³/mol. The van der Waals surface area contributed by atoms with Crippen molar-refractivity contribution in [3.05, 3.63) is 11.6 Å². The third kappa shape index (κ3) is 4.38. The number of hydrogen-bond acceptors (Lipinski definition) is 6. The second-order valence-corrected chi connectivity index (χ2v) is 11.5. The van der Waals surface area contributed by atoms with E-state index >= 15 is 0 Å². The van der Waals surface area contributed by atoms with Gasteiger partial charge in [-0.05, 0) is 46.5 Å². The molecule has 5 aliphatic rings. The highest BCUT2D eigenvalue weighted by molar-refractivity contribution is 5.68. The first-order chi connectivity index (χ1) is 16.1. The van der Waals surface area contributed by atoms with Crippen molar-refractivity contribution in [3.63, 3.8) is 0 Å². The molecule has 0 aromatic rings. The number of methoxy groups -OCH3 is 1. The largest absolute Gasteiger partial charge is 0.443 e. The summed E-state index contributed by atoms with van der Waals surface area (Å²) < 4.78 is 49.5. The number of likely N-dealkylation sites (tertiary alicyclic amines) is 2. The van der Waals surface area contributed by atoms with Crippen LogP contribution in [0.4, 0.5) is 13.6 Å². The summed E-state index contributed by atoms with van der Waals surface area (Å²) in [4.78, 5) is 16.6. The van der Waals surface area contributed by atoms with E-state index in [2.05, 4.69) is 26.8 Å². The number of rotatable bonds is 7. The molecule has 6 atom stereocenters. The van der Waals surface area contributed by atoms with Crippen molar-refractivity contribution in [1.29, 1.82) is 0 Å². The minimum Gasteiger partial charge on any atom is -0.443 e. The van der Waals surface area contributed by atoms with Crippen LogP contribution in [-0.2, 0) is 18.9 Å². The molecule has 4 aliphatic heterocycles. The lowest BCUT2D eigenvalue weighted by molar-refractivity contribution is -0.122. The molecule has 7 nitrogen and oxygen atoms in total. The van der Waals surface area contributed by atoms with Crippen LogP contribution in [0.25, 0.3) is 0 Å². The van der Waals surface area contributed by atoms with Crippen LogP contribution in [0.1, 0.15) is 46.5 Å². The van der Waals surface area contributed by atoms with Crippen LogP contribution in [0.2, 0.25) is 0 Å². The van der Waals surface area contributed by atoms with Gasteiger partial charge in [0.25, 0.3) is 6.43 Å². The number of carbonyl (C=O) groups is 1. The highest BCUT2D eigenvalue weighted by Gasteiger charge is 2.72. The Labute approximate surface area is 200 Å². The van der Waals surface area contributed by atoms with E-state index in [1.807, 2.05) is 0 Å². The van der Waals surface area contributed by atoms with Gasteiger partial charge in [-0.3, -0.25) is 4.90 Å². The van der Waals surface area contributed by atoms with Crippen molar-refractivity contribution in [2.75, 3.05) is 46.4 Å². The number of hydrogen-bond donors (Lipinski definition) is 0. The summed E-state index contributed by atoms with van der Waals surface area (Å²) in [6, 6.07) is 0. The molecular weight excluding hydrogens is 446 g/mol. The SMILES string of the molecule is CO[C@H]1C([C@@]2(C)O[C@@H]2CC=C(C)C)[C@]2(CC[C@H]1OC(=O)N1CCC3(CN(CC(F)F)C3)C1)CO2. The van der Waals surface area contributed by atoms with Crippen molar-refractivity contribution in [1.82, 2.24) is 9.80 Å². The first-order valence-corrected chi connectivity index (χ1v) is 12.5. The Balaban J connectivity index is 1.21. The second kappa shape index (κ2) is 8.68. The lowest BCUT2D eigenvalue weighted by atomic mass is 9.68. The molecule has 1 aliphatic carbocycles. The number of halogens is 2. The summed E-state index contributed by atoms with van der Waals surface area (Å²) in [5.41, 5.74) is 0.575. The van der Waals surface area contributed by atoms with Gasteiger partial charge in [-0.25, -0.2) is 13.6 Å². The monoisotopic (exact) mass is 484 g/mol. The number of alkyl halides is 2. The lowest BCUT2D eigenvalue weighted by Gasteiger charge is -2.48. The summed E-state index contributed by atoms with van der Waals surface area (Å²) in [7, 11) is 1.67. The van der Waals surface area contributed by atoms with Crippen LogP contribution >= 0.6 is 0 Å². The second-order valence-electron chi connectivity index (χ2n) is 11.5. The highest BCUT2D eigenvalue weighted by Crippen LogP contribution is 2.59. The summed E-state index contributed by atoms with van der Waals surface area (Å²) >= 11 is 0. The molecule has 0 bridgehead atoms.